The van der Waals surface area contributed by atoms with Crippen molar-refractivity contribution in [3.05, 3.63) is 65.5 Å². The standard InChI is InChI=1S/C21H23FN2O5S/c1-2-24(13-15-5-3-7-17(22)11-15)20(25)14-29-21(26)16-6-4-8-19(12-16)30(27,28)23-18-9-10-18/h3-8,11-12,18,23H,2,9-10,13-14H2,1H3. The van der Waals surface area contributed by atoms with Crippen LogP contribution in [-0.4, -0.2) is 44.4 Å². The molecule has 0 bridgehead atoms. The fraction of sp³-hybridized carbons (Fsp3) is 0.333. The van der Waals surface area contributed by atoms with Gasteiger partial charge in [-0.05, 0) is 55.7 Å². The molecule has 1 N–H and O–H groups in total. The molecule has 1 aliphatic carbocycles. The van der Waals surface area contributed by atoms with Gasteiger partial charge in [-0.2, -0.15) is 0 Å². The molecule has 0 atom stereocenters. The molecule has 0 aliphatic heterocycles. The highest BCUT2D eigenvalue weighted by Crippen LogP contribution is 2.22. The average molecular weight is 434 g/mol. The number of sulfonamides is 1. The first kappa shape index (κ1) is 21.9. The minimum atomic E-state index is -3.70. The molecule has 7 nitrogen and oxygen atoms in total. The van der Waals surface area contributed by atoms with Gasteiger partial charge in [-0.15, -0.1) is 0 Å². The Hall–Kier alpha value is -2.78. The van der Waals surface area contributed by atoms with Gasteiger partial charge in [0.2, 0.25) is 10.0 Å². The summed E-state index contributed by atoms with van der Waals surface area (Å²) in [4.78, 5) is 26.1. The number of carbonyl (C=O) groups excluding carboxylic acids is 2. The Bertz CT molecular complexity index is 1040. The van der Waals surface area contributed by atoms with Gasteiger partial charge in [-0.25, -0.2) is 22.3 Å². The van der Waals surface area contributed by atoms with E-state index in [1.54, 1.807) is 19.1 Å². The Balaban J connectivity index is 1.60. The van der Waals surface area contributed by atoms with E-state index in [0.717, 1.165) is 12.8 Å². The van der Waals surface area contributed by atoms with E-state index < -0.39 is 34.3 Å². The van der Waals surface area contributed by atoms with E-state index in [1.165, 1.54) is 41.3 Å². The van der Waals surface area contributed by atoms with Crippen molar-refractivity contribution >= 4 is 21.9 Å². The van der Waals surface area contributed by atoms with Crippen LogP contribution in [0.5, 0.6) is 0 Å². The summed E-state index contributed by atoms with van der Waals surface area (Å²) in [6.45, 7) is 1.80. The Labute approximate surface area is 174 Å². The Morgan fingerprint density at radius 2 is 1.90 bits per heavy atom. The lowest BCUT2D eigenvalue weighted by atomic mass is 10.2. The van der Waals surface area contributed by atoms with E-state index in [0.29, 0.717) is 12.1 Å². The number of nitrogens with zero attached hydrogens (tertiary/aromatic N) is 1. The normalized spacial score (nSPS) is 13.7. The SMILES string of the molecule is CCN(Cc1cccc(F)c1)C(=O)COC(=O)c1cccc(S(=O)(=O)NC2CC2)c1. The molecule has 0 saturated heterocycles. The third kappa shape index (κ3) is 5.87. The maximum absolute atomic E-state index is 13.3. The molecule has 0 spiro atoms. The molecule has 9 heteroatoms. The molecule has 0 aromatic heterocycles. The average Bonchev–Trinajstić information content (AvgIpc) is 3.53. The molecule has 160 valence electrons. The summed E-state index contributed by atoms with van der Waals surface area (Å²) >= 11 is 0. The highest BCUT2D eigenvalue weighted by Gasteiger charge is 2.28. The summed E-state index contributed by atoms with van der Waals surface area (Å²) in [6.07, 6.45) is 1.60. The van der Waals surface area contributed by atoms with Gasteiger partial charge in [-0.1, -0.05) is 18.2 Å². The zero-order valence-corrected chi connectivity index (χ0v) is 17.3. The molecule has 1 fully saturated rings. The largest absolute Gasteiger partial charge is 0.452 e. The maximum Gasteiger partial charge on any atom is 0.338 e. The number of ether oxygens (including phenoxy) is 1. The molecule has 30 heavy (non-hydrogen) atoms. The van der Waals surface area contributed by atoms with Crippen LogP contribution in [0.4, 0.5) is 4.39 Å². The number of likely N-dealkylation sites (N-methyl/N-ethyl adjacent to an activating group) is 1. The van der Waals surface area contributed by atoms with E-state index in [9.17, 15) is 22.4 Å². The van der Waals surface area contributed by atoms with E-state index in [4.69, 9.17) is 4.74 Å². The molecule has 1 saturated carbocycles. The summed E-state index contributed by atoms with van der Waals surface area (Å²) in [5.41, 5.74) is 0.659. The molecule has 0 radical (unpaired) electrons. The first-order valence-electron chi connectivity index (χ1n) is 9.60. The first-order valence-corrected chi connectivity index (χ1v) is 11.1. The third-order valence-corrected chi connectivity index (χ3v) is 6.12. The van der Waals surface area contributed by atoms with Crippen LogP contribution in [-0.2, 0) is 26.1 Å². The second-order valence-electron chi connectivity index (χ2n) is 7.04. The van der Waals surface area contributed by atoms with Crippen LogP contribution in [0, 0.1) is 5.82 Å². The second-order valence-corrected chi connectivity index (χ2v) is 8.75. The lowest BCUT2D eigenvalue weighted by molar-refractivity contribution is -0.134. The van der Waals surface area contributed by atoms with E-state index in [2.05, 4.69) is 4.72 Å². The number of nitrogens with one attached hydrogen (secondary N) is 1. The fourth-order valence-electron chi connectivity index (χ4n) is 2.81. The number of hydrogen-bond acceptors (Lipinski definition) is 5. The van der Waals surface area contributed by atoms with Crippen LogP contribution in [0.25, 0.3) is 0 Å². The number of halogens is 1. The van der Waals surface area contributed by atoms with Gasteiger partial charge in [0.1, 0.15) is 5.82 Å². The highest BCUT2D eigenvalue weighted by atomic mass is 32.2. The molecule has 2 aromatic rings. The van der Waals surface area contributed by atoms with Crippen LogP contribution in [0.3, 0.4) is 0 Å². The Kier molecular flexibility index (Phi) is 6.84. The number of rotatable bonds is 9. The summed E-state index contributed by atoms with van der Waals surface area (Å²) in [5.74, 6) is -1.63. The van der Waals surface area contributed by atoms with Crippen molar-refractivity contribution in [3.63, 3.8) is 0 Å². The smallest absolute Gasteiger partial charge is 0.338 e. The Morgan fingerprint density at radius 1 is 1.17 bits per heavy atom. The number of benzene rings is 2. The summed E-state index contributed by atoms with van der Waals surface area (Å²) < 4.78 is 45.6. The third-order valence-electron chi connectivity index (χ3n) is 4.60. The summed E-state index contributed by atoms with van der Waals surface area (Å²) in [7, 11) is -3.70. The van der Waals surface area contributed by atoms with Crippen LogP contribution in [0.15, 0.2) is 53.4 Å². The van der Waals surface area contributed by atoms with Crippen molar-refractivity contribution in [2.45, 2.75) is 37.2 Å². The molecule has 0 unspecified atom stereocenters. The van der Waals surface area contributed by atoms with Gasteiger partial charge in [0.05, 0.1) is 10.5 Å². The van der Waals surface area contributed by atoms with Gasteiger partial charge in [0, 0.05) is 19.1 Å². The van der Waals surface area contributed by atoms with Crippen molar-refractivity contribution in [2.75, 3.05) is 13.2 Å². The monoisotopic (exact) mass is 434 g/mol. The first-order chi connectivity index (χ1) is 14.3. The van der Waals surface area contributed by atoms with Gasteiger partial charge in [0.25, 0.3) is 5.91 Å². The van der Waals surface area contributed by atoms with Crippen molar-refractivity contribution in [3.8, 4) is 0 Å². The topological polar surface area (TPSA) is 92.8 Å². The maximum atomic E-state index is 13.3. The molecule has 2 aromatic carbocycles. The molecular formula is C21H23FN2O5S. The fourth-order valence-corrected chi connectivity index (χ4v) is 4.16. The number of hydrogen-bond donors (Lipinski definition) is 1. The van der Waals surface area contributed by atoms with Gasteiger partial charge >= 0.3 is 5.97 Å². The zero-order chi connectivity index (χ0) is 21.7. The molecular weight excluding hydrogens is 411 g/mol. The van der Waals surface area contributed by atoms with Crippen LogP contribution in [0.2, 0.25) is 0 Å². The van der Waals surface area contributed by atoms with Crippen molar-refractivity contribution in [1.82, 2.24) is 9.62 Å². The van der Waals surface area contributed by atoms with Crippen molar-refractivity contribution in [2.24, 2.45) is 0 Å². The van der Waals surface area contributed by atoms with E-state index in [1.807, 2.05) is 0 Å². The number of carbonyl (C=O) groups is 2. The highest BCUT2D eigenvalue weighted by molar-refractivity contribution is 7.89. The minimum Gasteiger partial charge on any atom is -0.452 e. The minimum absolute atomic E-state index is 0.0311. The molecule has 0 heterocycles. The lowest BCUT2D eigenvalue weighted by Gasteiger charge is -2.21. The molecule has 1 amide bonds. The lowest BCUT2D eigenvalue weighted by Crippen LogP contribution is -2.34. The van der Waals surface area contributed by atoms with Gasteiger partial charge < -0.3 is 9.64 Å². The van der Waals surface area contributed by atoms with Crippen LogP contribution < -0.4 is 4.72 Å². The van der Waals surface area contributed by atoms with Crippen molar-refractivity contribution in [1.29, 1.82) is 0 Å². The second kappa shape index (κ2) is 9.36. The Morgan fingerprint density at radius 3 is 2.57 bits per heavy atom. The quantitative estimate of drug-likeness (QED) is 0.612. The van der Waals surface area contributed by atoms with E-state index >= 15 is 0 Å². The van der Waals surface area contributed by atoms with Crippen LogP contribution in [0.1, 0.15) is 35.7 Å². The number of esters is 1. The number of amides is 1. The predicted octanol–water partition coefficient (Wildman–Crippen LogP) is 2.47. The predicted molar refractivity (Wildman–Crippen MR) is 108 cm³/mol. The molecule has 1 aliphatic rings. The van der Waals surface area contributed by atoms with Crippen molar-refractivity contribution < 1.29 is 27.1 Å². The van der Waals surface area contributed by atoms with E-state index in [-0.39, 0.29) is 23.0 Å². The van der Waals surface area contributed by atoms with Gasteiger partial charge in [-0.3, -0.25) is 4.79 Å². The molecule has 3 rings (SSSR count). The summed E-state index contributed by atoms with van der Waals surface area (Å²) in [6, 6.07) is 11.3. The van der Waals surface area contributed by atoms with Gasteiger partial charge in [0.15, 0.2) is 6.61 Å². The zero-order valence-electron chi connectivity index (χ0n) is 16.5. The summed E-state index contributed by atoms with van der Waals surface area (Å²) in [5, 5.41) is 0. The van der Waals surface area contributed by atoms with Crippen LogP contribution >= 0.6 is 0 Å².